The zero-order valence-corrected chi connectivity index (χ0v) is 12.2. The smallest absolute Gasteiger partial charge is 0.326 e. The van der Waals surface area contributed by atoms with Crippen LogP contribution < -0.4 is 5.73 Å². The molecule has 2 rings (SSSR count). The van der Waals surface area contributed by atoms with E-state index in [1.54, 1.807) is 6.07 Å². The van der Waals surface area contributed by atoms with Crippen molar-refractivity contribution in [3.05, 3.63) is 17.0 Å². The summed E-state index contributed by atoms with van der Waals surface area (Å²) in [4.78, 5) is 0.730. The summed E-state index contributed by atoms with van der Waals surface area (Å²) in [6.07, 6.45) is -4.61. The summed E-state index contributed by atoms with van der Waals surface area (Å²) < 4.78 is 63.5. The Bertz CT molecular complexity index is 560. The summed E-state index contributed by atoms with van der Waals surface area (Å²) in [5.74, 6) is -1.41. The highest BCUT2D eigenvalue weighted by molar-refractivity contribution is 7.91. The van der Waals surface area contributed by atoms with Gasteiger partial charge in [0.2, 0.25) is 0 Å². The Labute approximate surface area is 119 Å². The van der Waals surface area contributed by atoms with Crippen LogP contribution in [0.5, 0.6) is 0 Å². The second-order valence-electron chi connectivity index (χ2n) is 4.64. The lowest BCUT2D eigenvalue weighted by Crippen LogP contribution is -2.41. The second-order valence-corrected chi connectivity index (χ2v) is 7.98. The Morgan fingerprint density at radius 2 is 1.90 bits per heavy atom. The molecule has 0 aliphatic carbocycles. The first-order valence-electron chi connectivity index (χ1n) is 6.11. The van der Waals surface area contributed by atoms with Crippen molar-refractivity contribution in [1.29, 1.82) is 0 Å². The lowest BCUT2D eigenvalue weighted by Gasteiger charge is -2.31. The van der Waals surface area contributed by atoms with Crippen molar-refractivity contribution in [1.82, 2.24) is 4.31 Å². The normalized spacial score (nSPS) is 19.4. The molecule has 0 spiro atoms. The molecule has 4 nitrogen and oxygen atoms in total. The number of rotatable bonds is 3. The SMILES string of the molecule is NCc1ccc(S(=O)(=O)N2CCC(C(F)(F)F)CC2)s1. The van der Waals surface area contributed by atoms with E-state index in [1.807, 2.05) is 0 Å². The van der Waals surface area contributed by atoms with Crippen LogP contribution in [0.2, 0.25) is 0 Å². The summed E-state index contributed by atoms with van der Waals surface area (Å²) in [6, 6.07) is 3.08. The van der Waals surface area contributed by atoms with E-state index in [0.29, 0.717) is 0 Å². The third-order valence-electron chi connectivity index (χ3n) is 3.35. The van der Waals surface area contributed by atoms with E-state index >= 15 is 0 Å². The van der Waals surface area contributed by atoms with Gasteiger partial charge in [-0.15, -0.1) is 11.3 Å². The van der Waals surface area contributed by atoms with Crippen LogP contribution in [0, 0.1) is 5.92 Å². The Balaban J connectivity index is 2.09. The first-order chi connectivity index (χ1) is 9.25. The summed E-state index contributed by atoms with van der Waals surface area (Å²) in [7, 11) is -3.69. The van der Waals surface area contributed by atoms with Gasteiger partial charge in [0.15, 0.2) is 0 Å². The van der Waals surface area contributed by atoms with Crippen molar-refractivity contribution in [3.8, 4) is 0 Å². The Morgan fingerprint density at radius 1 is 1.30 bits per heavy atom. The Kier molecular flexibility index (Phi) is 4.43. The fourth-order valence-corrected chi connectivity index (χ4v) is 5.02. The standard InChI is InChI=1S/C11H15F3N2O2S2/c12-11(13,14)8-3-5-16(6-4-8)20(17,18)10-2-1-9(7-15)19-10/h1-2,8H,3-7,15H2. The number of hydrogen-bond donors (Lipinski definition) is 1. The van der Waals surface area contributed by atoms with E-state index in [1.165, 1.54) is 6.07 Å². The summed E-state index contributed by atoms with van der Waals surface area (Å²) in [5.41, 5.74) is 5.43. The number of sulfonamides is 1. The predicted octanol–water partition coefficient (Wildman–Crippen LogP) is 2.17. The van der Waals surface area contributed by atoms with Gasteiger partial charge in [-0.05, 0) is 25.0 Å². The maximum atomic E-state index is 12.6. The van der Waals surface area contributed by atoms with Gasteiger partial charge in [0.25, 0.3) is 10.0 Å². The monoisotopic (exact) mass is 328 g/mol. The zero-order valence-electron chi connectivity index (χ0n) is 10.6. The van der Waals surface area contributed by atoms with Crippen LogP contribution in [0.1, 0.15) is 17.7 Å². The van der Waals surface area contributed by atoms with Gasteiger partial charge >= 0.3 is 6.18 Å². The van der Waals surface area contributed by atoms with Gasteiger partial charge in [-0.3, -0.25) is 0 Å². The molecular weight excluding hydrogens is 313 g/mol. The van der Waals surface area contributed by atoms with Crippen LogP contribution in [-0.4, -0.2) is 32.0 Å². The molecule has 9 heteroatoms. The first kappa shape index (κ1) is 15.7. The van der Waals surface area contributed by atoms with Gasteiger partial charge in [0.1, 0.15) is 4.21 Å². The highest BCUT2D eigenvalue weighted by atomic mass is 32.2. The van der Waals surface area contributed by atoms with Crippen LogP contribution >= 0.6 is 11.3 Å². The second kappa shape index (κ2) is 5.63. The van der Waals surface area contributed by atoms with Gasteiger partial charge in [0.05, 0.1) is 5.92 Å². The van der Waals surface area contributed by atoms with Crippen molar-refractivity contribution in [2.45, 2.75) is 29.8 Å². The molecule has 0 bridgehead atoms. The molecule has 0 radical (unpaired) electrons. The van der Waals surface area contributed by atoms with Gasteiger partial charge in [-0.1, -0.05) is 0 Å². The Hall–Kier alpha value is -0.640. The van der Waals surface area contributed by atoms with Gasteiger partial charge < -0.3 is 5.73 Å². The summed E-state index contributed by atoms with van der Waals surface area (Å²) in [6.45, 7) is 0.0566. The van der Waals surface area contributed by atoms with Crippen LogP contribution in [0.25, 0.3) is 0 Å². The van der Waals surface area contributed by atoms with Crippen molar-refractivity contribution < 1.29 is 21.6 Å². The molecule has 2 heterocycles. The Morgan fingerprint density at radius 3 is 2.35 bits per heavy atom. The molecule has 114 valence electrons. The molecule has 20 heavy (non-hydrogen) atoms. The van der Waals surface area contributed by atoms with Crippen molar-refractivity contribution in [2.75, 3.05) is 13.1 Å². The topological polar surface area (TPSA) is 63.4 Å². The number of halogens is 3. The number of nitrogens with zero attached hydrogens (tertiary/aromatic N) is 1. The minimum atomic E-state index is -4.24. The third kappa shape index (κ3) is 3.16. The van der Waals surface area contributed by atoms with Crippen LogP contribution in [0.3, 0.4) is 0 Å². The predicted molar refractivity (Wildman–Crippen MR) is 69.7 cm³/mol. The van der Waals surface area contributed by atoms with Gasteiger partial charge in [-0.25, -0.2) is 8.42 Å². The molecule has 1 aromatic heterocycles. The number of piperidine rings is 1. The molecular formula is C11H15F3N2O2S2. The molecule has 0 saturated carbocycles. The molecule has 2 N–H and O–H groups in total. The minimum absolute atomic E-state index is 0.0949. The van der Waals surface area contributed by atoms with E-state index in [9.17, 15) is 21.6 Å². The zero-order chi connectivity index (χ0) is 15.0. The van der Waals surface area contributed by atoms with Crippen molar-refractivity contribution in [3.63, 3.8) is 0 Å². The molecule has 0 aromatic carbocycles. The van der Waals surface area contributed by atoms with Crippen LogP contribution in [0.4, 0.5) is 13.2 Å². The average Bonchev–Trinajstić information content (AvgIpc) is 2.87. The van der Waals surface area contributed by atoms with Gasteiger partial charge in [-0.2, -0.15) is 17.5 Å². The molecule has 0 unspecified atom stereocenters. The number of alkyl halides is 3. The van der Waals surface area contributed by atoms with Crippen molar-refractivity contribution in [2.24, 2.45) is 11.7 Å². The quantitative estimate of drug-likeness (QED) is 0.925. The summed E-state index contributed by atoms with van der Waals surface area (Å²) >= 11 is 1.06. The van der Waals surface area contributed by atoms with E-state index in [-0.39, 0.29) is 36.7 Å². The van der Waals surface area contributed by atoms with Crippen LogP contribution in [0.15, 0.2) is 16.3 Å². The fourth-order valence-electron chi connectivity index (χ4n) is 2.16. The molecule has 1 aromatic rings. The number of hydrogen-bond acceptors (Lipinski definition) is 4. The van der Waals surface area contributed by atoms with E-state index in [4.69, 9.17) is 5.73 Å². The lowest BCUT2D eigenvalue weighted by atomic mass is 9.98. The average molecular weight is 328 g/mol. The number of nitrogens with two attached hydrogens (primary N) is 1. The lowest BCUT2D eigenvalue weighted by molar-refractivity contribution is -0.182. The molecule has 1 aliphatic heterocycles. The molecule has 1 saturated heterocycles. The van der Waals surface area contributed by atoms with E-state index in [0.717, 1.165) is 20.5 Å². The first-order valence-corrected chi connectivity index (χ1v) is 8.36. The highest BCUT2D eigenvalue weighted by Gasteiger charge is 2.43. The van der Waals surface area contributed by atoms with Gasteiger partial charge in [0, 0.05) is 24.5 Å². The third-order valence-corrected chi connectivity index (χ3v) is 6.82. The maximum Gasteiger partial charge on any atom is 0.391 e. The fraction of sp³-hybridized carbons (Fsp3) is 0.636. The van der Waals surface area contributed by atoms with Crippen LogP contribution in [-0.2, 0) is 16.6 Å². The highest BCUT2D eigenvalue weighted by Crippen LogP contribution is 2.36. The molecule has 1 fully saturated rings. The maximum absolute atomic E-state index is 12.6. The molecule has 0 atom stereocenters. The summed E-state index contributed by atoms with van der Waals surface area (Å²) in [5, 5.41) is 0. The van der Waals surface area contributed by atoms with Crippen molar-refractivity contribution >= 4 is 21.4 Å². The number of thiophene rings is 1. The molecule has 0 amide bonds. The minimum Gasteiger partial charge on any atom is -0.326 e. The van der Waals surface area contributed by atoms with E-state index < -0.39 is 22.1 Å². The molecule has 1 aliphatic rings. The van der Waals surface area contributed by atoms with E-state index in [2.05, 4.69) is 0 Å². The largest absolute Gasteiger partial charge is 0.391 e.